The van der Waals surface area contributed by atoms with Crippen molar-refractivity contribution < 1.29 is 13.5 Å². The summed E-state index contributed by atoms with van der Waals surface area (Å²) >= 11 is 0. The molecular formula is C10H21NO3S. The summed E-state index contributed by atoms with van der Waals surface area (Å²) in [7, 11) is -3.29. The van der Waals surface area contributed by atoms with Crippen molar-refractivity contribution in [2.45, 2.75) is 39.2 Å². The lowest BCUT2D eigenvalue weighted by molar-refractivity contribution is 0.226. The van der Waals surface area contributed by atoms with Gasteiger partial charge in [0.15, 0.2) is 0 Å². The van der Waals surface area contributed by atoms with Crippen LogP contribution in [0.1, 0.15) is 33.1 Å². The zero-order valence-electron chi connectivity index (χ0n) is 9.44. The third-order valence-electron chi connectivity index (χ3n) is 3.40. The van der Waals surface area contributed by atoms with Gasteiger partial charge in [0.25, 0.3) is 0 Å². The summed E-state index contributed by atoms with van der Waals surface area (Å²) in [5.41, 5.74) is 0. The molecule has 1 aliphatic rings. The first kappa shape index (κ1) is 12.9. The fourth-order valence-electron chi connectivity index (χ4n) is 2.16. The van der Waals surface area contributed by atoms with Crippen LogP contribution in [0.3, 0.4) is 0 Å². The monoisotopic (exact) mass is 235 g/mol. The average Bonchev–Trinajstić information content (AvgIpc) is 2.12. The van der Waals surface area contributed by atoms with Crippen LogP contribution in [-0.2, 0) is 10.0 Å². The van der Waals surface area contributed by atoms with Crippen molar-refractivity contribution in [3.63, 3.8) is 0 Å². The topological polar surface area (TPSA) is 66.4 Å². The molecule has 0 saturated heterocycles. The van der Waals surface area contributed by atoms with Crippen LogP contribution in [0.15, 0.2) is 0 Å². The average molecular weight is 235 g/mol. The van der Waals surface area contributed by atoms with Crippen molar-refractivity contribution in [1.82, 2.24) is 4.72 Å². The number of aliphatic hydroxyl groups excluding tert-OH is 1. The van der Waals surface area contributed by atoms with Crippen molar-refractivity contribution in [3.05, 3.63) is 0 Å². The molecule has 4 nitrogen and oxygen atoms in total. The Morgan fingerprint density at radius 1 is 1.33 bits per heavy atom. The van der Waals surface area contributed by atoms with Gasteiger partial charge in [0.05, 0.1) is 12.4 Å². The molecule has 3 unspecified atom stereocenters. The van der Waals surface area contributed by atoms with Crippen LogP contribution in [0, 0.1) is 11.8 Å². The lowest BCUT2D eigenvalue weighted by Gasteiger charge is -2.34. The smallest absolute Gasteiger partial charge is 0.214 e. The predicted octanol–water partition coefficient (Wildman–Crippen LogP) is 0.723. The Bertz CT molecular complexity index is 289. The highest BCUT2D eigenvalue weighted by atomic mass is 32.2. The van der Waals surface area contributed by atoms with E-state index in [2.05, 4.69) is 18.6 Å². The molecule has 0 radical (unpaired) electrons. The summed E-state index contributed by atoms with van der Waals surface area (Å²) in [4.78, 5) is 0. The standard InChI is InChI=1S/C10H21NO3S/c1-8-4-3-5-10(9(8)2)11-15(13,14)7-6-12/h8-12H,3-7H2,1-2H3. The number of sulfonamides is 1. The quantitative estimate of drug-likeness (QED) is 0.754. The minimum Gasteiger partial charge on any atom is -0.395 e. The Labute approximate surface area is 92.1 Å². The first-order chi connectivity index (χ1) is 6.96. The van der Waals surface area contributed by atoms with E-state index < -0.39 is 10.0 Å². The molecule has 1 saturated carbocycles. The summed E-state index contributed by atoms with van der Waals surface area (Å²) in [6, 6.07) is 0.0466. The molecule has 3 atom stereocenters. The zero-order chi connectivity index (χ0) is 11.5. The molecule has 1 aliphatic carbocycles. The van der Waals surface area contributed by atoms with E-state index in [0.29, 0.717) is 11.8 Å². The van der Waals surface area contributed by atoms with Crippen LogP contribution in [-0.4, -0.2) is 31.9 Å². The van der Waals surface area contributed by atoms with Gasteiger partial charge in [0.2, 0.25) is 10.0 Å². The van der Waals surface area contributed by atoms with E-state index in [4.69, 9.17) is 5.11 Å². The van der Waals surface area contributed by atoms with Gasteiger partial charge in [0, 0.05) is 6.04 Å². The van der Waals surface area contributed by atoms with Gasteiger partial charge in [-0.15, -0.1) is 0 Å². The number of aliphatic hydroxyl groups is 1. The molecule has 90 valence electrons. The number of rotatable bonds is 4. The Kier molecular flexibility index (Phi) is 4.55. The fourth-order valence-corrected chi connectivity index (χ4v) is 3.31. The van der Waals surface area contributed by atoms with E-state index in [1.165, 1.54) is 6.42 Å². The second-order valence-electron chi connectivity index (χ2n) is 4.53. The lowest BCUT2D eigenvalue weighted by Crippen LogP contribution is -2.44. The molecule has 0 spiro atoms. The van der Waals surface area contributed by atoms with Gasteiger partial charge in [-0.25, -0.2) is 13.1 Å². The van der Waals surface area contributed by atoms with Gasteiger partial charge in [-0.1, -0.05) is 26.7 Å². The zero-order valence-corrected chi connectivity index (χ0v) is 10.3. The maximum atomic E-state index is 11.5. The number of hydrogen-bond acceptors (Lipinski definition) is 3. The molecule has 0 bridgehead atoms. The highest BCUT2D eigenvalue weighted by Crippen LogP contribution is 2.29. The summed E-state index contributed by atoms with van der Waals surface area (Å²) < 4.78 is 25.6. The first-order valence-electron chi connectivity index (χ1n) is 5.57. The fraction of sp³-hybridized carbons (Fsp3) is 1.00. The van der Waals surface area contributed by atoms with Crippen LogP contribution in [0.25, 0.3) is 0 Å². The second-order valence-corrected chi connectivity index (χ2v) is 6.41. The highest BCUT2D eigenvalue weighted by Gasteiger charge is 2.29. The number of nitrogens with one attached hydrogen (secondary N) is 1. The molecule has 15 heavy (non-hydrogen) atoms. The Balaban J connectivity index is 2.57. The van der Waals surface area contributed by atoms with Gasteiger partial charge in [-0.05, 0) is 18.3 Å². The Hall–Kier alpha value is -0.130. The van der Waals surface area contributed by atoms with E-state index in [-0.39, 0.29) is 18.4 Å². The van der Waals surface area contributed by atoms with Crippen LogP contribution in [0.4, 0.5) is 0 Å². The van der Waals surface area contributed by atoms with E-state index in [9.17, 15) is 8.42 Å². The molecule has 1 rings (SSSR count). The third kappa shape index (κ3) is 3.74. The van der Waals surface area contributed by atoms with E-state index in [1.807, 2.05) is 0 Å². The van der Waals surface area contributed by atoms with Gasteiger partial charge in [-0.2, -0.15) is 0 Å². The molecule has 0 aromatic carbocycles. The molecular weight excluding hydrogens is 214 g/mol. The van der Waals surface area contributed by atoms with Gasteiger partial charge in [0.1, 0.15) is 0 Å². The van der Waals surface area contributed by atoms with Crippen LogP contribution >= 0.6 is 0 Å². The normalized spacial score (nSPS) is 32.9. The van der Waals surface area contributed by atoms with Crippen LogP contribution < -0.4 is 4.72 Å². The maximum absolute atomic E-state index is 11.5. The largest absolute Gasteiger partial charge is 0.395 e. The minimum absolute atomic E-state index is 0.0466. The molecule has 0 aromatic heterocycles. The molecule has 1 fully saturated rings. The van der Waals surface area contributed by atoms with Crippen molar-refractivity contribution >= 4 is 10.0 Å². The van der Waals surface area contributed by atoms with E-state index in [0.717, 1.165) is 12.8 Å². The molecule has 0 heterocycles. The second kappa shape index (κ2) is 5.27. The van der Waals surface area contributed by atoms with Crippen molar-refractivity contribution in [2.75, 3.05) is 12.4 Å². The van der Waals surface area contributed by atoms with Crippen molar-refractivity contribution in [3.8, 4) is 0 Å². The van der Waals surface area contributed by atoms with Crippen LogP contribution in [0.5, 0.6) is 0 Å². The van der Waals surface area contributed by atoms with E-state index in [1.54, 1.807) is 0 Å². The van der Waals surface area contributed by atoms with Gasteiger partial charge in [-0.3, -0.25) is 0 Å². The first-order valence-corrected chi connectivity index (χ1v) is 7.22. The van der Waals surface area contributed by atoms with Crippen molar-refractivity contribution in [1.29, 1.82) is 0 Å². The van der Waals surface area contributed by atoms with Gasteiger partial charge < -0.3 is 5.11 Å². The molecule has 0 aliphatic heterocycles. The Morgan fingerprint density at radius 3 is 2.60 bits per heavy atom. The SMILES string of the molecule is CC1CCCC(NS(=O)(=O)CCO)C1C. The summed E-state index contributed by atoms with van der Waals surface area (Å²) in [5.74, 6) is 0.762. The lowest BCUT2D eigenvalue weighted by atomic mass is 9.78. The van der Waals surface area contributed by atoms with Crippen LogP contribution in [0.2, 0.25) is 0 Å². The predicted molar refractivity (Wildman–Crippen MR) is 60.0 cm³/mol. The third-order valence-corrected chi connectivity index (χ3v) is 4.78. The summed E-state index contributed by atoms with van der Waals surface area (Å²) in [6.07, 6.45) is 3.17. The molecule has 2 N–H and O–H groups in total. The Morgan fingerprint density at radius 2 is 2.00 bits per heavy atom. The summed E-state index contributed by atoms with van der Waals surface area (Å²) in [6.45, 7) is 3.94. The summed E-state index contributed by atoms with van der Waals surface area (Å²) in [5, 5.41) is 8.63. The minimum atomic E-state index is -3.29. The molecule has 5 heteroatoms. The molecule has 0 amide bonds. The van der Waals surface area contributed by atoms with E-state index >= 15 is 0 Å². The highest BCUT2D eigenvalue weighted by molar-refractivity contribution is 7.89. The number of hydrogen-bond donors (Lipinski definition) is 2. The van der Waals surface area contributed by atoms with Gasteiger partial charge >= 0.3 is 0 Å². The maximum Gasteiger partial charge on any atom is 0.214 e. The van der Waals surface area contributed by atoms with Crippen molar-refractivity contribution in [2.24, 2.45) is 11.8 Å². The molecule has 0 aromatic rings.